The van der Waals surface area contributed by atoms with Gasteiger partial charge in [-0.1, -0.05) is 25.1 Å². The van der Waals surface area contributed by atoms with Gasteiger partial charge in [0.2, 0.25) is 0 Å². The number of likely N-dealkylation sites (tertiary alicyclic amines) is 1. The van der Waals surface area contributed by atoms with Crippen LogP contribution in [0.25, 0.3) is 0 Å². The van der Waals surface area contributed by atoms with Crippen LogP contribution in [0, 0.1) is 5.41 Å². The number of nitrogens with two attached hydrogens (primary N) is 1. The van der Waals surface area contributed by atoms with E-state index >= 15 is 0 Å². The molecule has 0 amide bonds. The topological polar surface area (TPSA) is 74.7 Å². The van der Waals surface area contributed by atoms with E-state index in [9.17, 15) is 0 Å². The molecule has 1 fully saturated rings. The highest BCUT2D eigenvalue weighted by molar-refractivity contribution is 5.96. The zero-order chi connectivity index (χ0) is 14.6. The summed E-state index contributed by atoms with van der Waals surface area (Å²) in [4.78, 5) is 6.65. The van der Waals surface area contributed by atoms with Crippen molar-refractivity contribution in [3.63, 3.8) is 0 Å². The van der Waals surface area contributed by atoms with Crippen LogP contribution in [-0.2, 0) is 6.54 Å². The lowest BCUT2D eigenvalue weighted by Gasteiger charge is -2.23. The van der Waals surface area contributed by atoms with Crippen LogP contribution in [0.3, 0.4) is 0 Å². The van der Waals surface area contributed by atoms with Gasteiger partial charge in [-0.25, -0.2) is 0 Å². The average Bonchev–Trinajstić information content (AvgIpc) is 2.60. The van der Waals surface area contributed by atoms with Crippen LogP contribution in [0.15, 0.2) is 23.5 Å². The van der Waals surface area contributed by atoms with Crippen molar-refractivity contribution in [3.05, 3.63) is 29.6 Å². The molecule has 0 radical (unpaired) electrons. The second kappa shape index (κ2) is 6.22. The van der Waals surface area contributed by atoms with Gasteiger partial charge in [-0.05, 0) is 49.4 Å². The zero-order valence-electron chi connectivity index (χ0n) is 12.3. The van der Waals surface area contributed by atoms with Crippen molar-refractivity contribution in [1.29, 1.82) is 0 Å². The minimum absolute atomic E-state index is 0.0794. The lowest BCUT2D eigenvalue weighted by molar-refractivity contribution is 0.255. The quantitative estimate of drug-likeness (QED) is 0.384. The fourth-order valence-electron chi connectivity index (χ4n) is 2.72. The van der Waals surface area contributed by atoms with Crippen molar-refractivity contribution in [2.45, 2.75) is 39.7 Å². The predicted molar refractivity (Wildman–Crippen MR) is 79.7 cm³/mol. The Morgan fingerprint density at radius 1 is 1.45 bits per heavy atom. The maximum Gasteiger partial charge on any atom is 0.189 e. The number of hydrogen-bond acceptors (Lipinski definition) is 4. The Bertz CT molecular complexity index is 485. The molecule has 0 bridgehead atoms. The third-order valence-electron chi connectivity index (χ3n) is 4.07. The number of rotatable bonds is 3. The summed E-state index contributed by atoms with van der Waals surface area (Å²) in [5.41, 5.74) is 7.72. The molecule has 0 saturated carbocycles. The lowest BCUT2D eigenvalue weighted by Crippen LogP contribution is -2.27. The van der Waals surface area contributed by atoms with Crippen LogP contribution in [-0.4, -0.2) is 34.0 Å². The maximum atomic E-state index is 8.84. The molecule has 1 saturated heterocycles. The van der Waals surface area contributed by atoms with Crippen molar-refractivity contribution in [2.24, 2.45) is 16.3 Å². The Morgan fingerprint density at radius 2 is 2.25 bits per heavy atom. The third-order valence-corrected chi connectivity index (χ3v) is 4.07. The molecular weight excluding hydrogens is 252 g/mol. The van der Waals surface area contributed by atoms with Gasteiger partial charge in [0.25, 0.3) is 0 Å². The summed E-state index contributed by atoms with van der Waals surface area (Å²) in [7, 11) is 0. The Morgan fingerprint density at radius 3 is 3.00 bits per heavy atom. The summed E-state index contributed by atoms with van der Waals surface area (Å²) in [6.07, 6.45) is 5.35. The Hall–Kier alpha value is -1.62. The van der Waals surface area contributed by atoms with E-state index in [1.807, 2.05) is 12.1 Å². The van der Waals surface area contributed by atoms with Crippen molar-refractivity contribution in [1.82, 2.24) is 9.88 Å². The number of hydrogen-bond donors (Lipinski definition) is 2. The largest absolute Gasteiger partial charge is 0.409 e. The molecule has 3 N–H and O–H groups in total. The Balaban J connectivity index is 2.10. The van der Waals surface area contributed by atoms with Gasteiger partial charge in [0, 0.05) is 12.7 Å². The fraction of sp³-hybridized carbons (Fsp3) is 0.600. The van der Waals surface area contributed by atoms with E-state index in [1.54, 1.807) is 6.20 Å². The van der Waals surface area contributed by atoms with Gasteiger partial charge in [0.15, 0.2) is 5.84 Å². The van der Waals surface area contributed by atoms with E-state index < -0.39 is 0 Å². The van der Waals surface area contributed by atoms with Gasteiger partial charge >= 0.3 is 0 Å². The summed E-state index contributed by atoms with van der Waals surface area (Å²) in [5, 5.41) is 11.9. The van der Waals surface area contributed by atoms with Crippen LogP contribution in [0.5, 0.6) is 0 Å². The molecule has 0 unspecified atom stereocenters. The number of amidine groups is 1. The van der Waals surface area contributed by atoms with E-state index in [1.165, 1.54) is 19.3 Å². The molecule has 1 aromatic heterocycles. The van der Waals surface area contributed by atoms with Crippen molar-refractivity contribution >= 4 is 5.84 Å². The summed E-state index contributed by atoms with van der Waals surface area (Å²) in [6.45, 7) is 7.64. The number of aromatic nitrogens is 1. The van der Waals surface area contributed by atoms with Gasteiger partial charge in [0.05, 0.1) is 0 Å². The first kappa shape index (κ1) is 14.8. The predicted octanol–water partition coefficient (Wildman–Crippen LogP) is 2.19. The summed E-state index contributed by atoms with van der Waals surface area (Å²) in [6, 6.07) is 3.89. The van der Waals surface area contributed by atoms with Crippen LogP contribution in [0.1, 0.15) is 44.4 Å². The highest BCUT2D eigenvalue weighted by Gasteiger charge is 2.23. The van der Waals surface area contributed by atoms with E-state index in [-0.39, 0.29) is 5.84 Å². The third kappa shape index (κ3) is 3.70. The molecule has 2 rings (SSSR count). The van der Waals surface area contributed by atoms with Gasteiger partial charge in [-0.2, -0.15) is 0 Å². The smallest absolute Gasteiger partial charge is 0.189 e. The minimum atomic E-state index is 0.0794. The first-order chi connectivity index (χ1) is 9.52. The van der Waals surface area contributed by atoms with Crippen LogP contribution >= 0.6 is 0 Å². The summed E-state index contributed by atoms with van der Waals surface area (Å²) >= 11 is 0. The molecule has 2 heterocycles. The van der Waals surface area contributed by atoms with Gasteiger partial charge in [-0.15, -0.1) is 0 Å². The molecule has 0 atom stereocenters. The molecular formula is C15H24N4O. The highest BCUT2D eigenvalue weighted by Crippen LogP contribution is 2.30. The van der Waals surface area contributed by atoms with Crippen molar-refractivity contribution in [3.8, 4) is 0 Å². The fourth-order valence-corrected chi connectivity index (χ4v) is 2.72. The van der Waals surface area contributed by atoms with Crippen LogP contribution in [0.4, 0.5) is 0 Å². The minimum Gasteiger partial charge on any atom is -0.409 e. The van der Waals surface area contributed by atoms with E-state index in [4.69, 9.17) is 10.9 Å². The molecule has 1 aromatic rings. The lowest BCUT2D eigenvalue weighted by atomic mass is 9.85. The normalized spacial score (nSPS) is 20.6. The maximum absolute atomic E-state index is 8.84. The van der Waals surface area contributed by atoms with E-state index in [0.717, 1.165) is 25.2 Å². The van der Waals surface area contributed by atoms with Crippen LogP contribution in [0.2, 0.25) is 0 Å². The molecule has 0 spiro atoms. The van der Waals surface area contributed by atoms with Crippen LogP contribution < -0.4 is 5.73 Å². The van der Waals surface area contributed by atoms with E-state index in [0.29, 0.717) is 11.1 Å². The Labute approximate surface area is 120 Å². The monoisotopic (exact) mass is 276 g/mol. The SMILES string of the molecule is CC1(C)CCCN(Cc2cccnc2C(N)=NO)CC1. The van der Waals surface area contributed by atoms with E-state index in [2.05, 4.69) is 28.9 Å². The summed E-state index contributed by atoms with van der Waals surface area (Å²) in [5.74, 6) is 0.0794. The van der Waals surface area contributed by atoms with Crippen molar-refractivity contribution in [2.75, 3.05) is 13.1 Å². The Kier molecular flexibility index (Phi) is 4.60. The average molecular weight is 276 g/mol. The second-order valence-corrected chi connectivity index (χ2v) is 6.29. The number of nitrogens with zero attached hydrogens (tertiary/aromatic N) is 3. The van der Waals surface area contributed by atoms with Gasteiger partial charge in [0.1, 0.15) is 5.69 Å². The molecule has 0 aromatic carbocycles. The number of oxime groups is 1. The molecule has 5 heteroatoms. The zero-order valence-corrected chi connectivity index (χ0v) is 12.3. The van der Waals surface area contributed by atoms with Gasteiger partial charge < -0.3 is 10.9 Å². The molecule has 110 valence electrons. The van der Waals surface area contributed by atoms with Crippen molar-refractivity contribution < 1.29 is 5.21 Å². The first-order valence-corrected chi connectivity index (χ1v) is 7.16. The first-order valence-electron chi connectivity index (χ1n) is 7.16. The molecule has 1 aliphatic rings. The molecule has 1 aliphatic heterocycles. The standard InChI is InChI=1S/C15H24N4O/c1-15(2)6-4-9-19(10-7-15)11-12-5-3-8-17-13(12)14(16)18-20/h3,5,8,20H,4,6-7,9-11H2,1-2H3,(H2,16,18). The highest BCUT2D eigenvalue weighted by atomic mass is 16.4. The molecule has 5 nitrogen and oxygen atoms in total. The second-order valence-electron chi connectivity index (χ2n) is 6.29. The molecule has 20 heavy (non-hydrogen) atoms. The summed E-state index contributed by atoms with van der Waals surface area (Å²) < 4.78 is 0. The number of pyridine rings is 1. The molecule has 0 aliphatic carbocycles. The van der Waals surface area contributed by atoms with Gasteiger partial charge in [-0.3, -0.25) is 9.88 Å².